The van der Waals surface area contributed by atoms with Crippen molar-refractivity contribution in [3.63, 3.8) is 0 Å². The van der Waals surface area contributed by atoms with Crippen LogP contribution >= 0.6 is 0 Å². The molecule has 1 unspecified atom stereocenters. The fourth-order valence-electron chi connectivity index (χ4n) is 2.59. The van der Waals surface area contributed by atoms with Crippen molar-refractivity contribution in [3.05, 3.63) is 47.5 Å². The van der Waals surface area contributed by atoms with Crippen molar-refractivity contribution in [2.75, 3.05) is 35.8 Å². The normalized spacial score (nSPS) is 12.0. The Labute approximate surface area is 131 Å². The number of para-hydroxylation sites is 2. The van der Waals surface area contributed by atoms with Crippen LogP contribution in [0, 0.1) is 0 Å². The molecule has 6 N–H and O–H groups in total. The minimum Gasteiger partial charge on any atom is -0.398 e. The zero-order chi connectivity index (χ0) is 16.3. The molecule has 0 aromatic heterocycles. The van der Waals surface area contributed by atoms with Gasteiger partial charge in [0.2, 0.25) is 0 Å². The Morgan fingerprint density at radius 1 is 1.09 bits per heavy atom. The lowest BCUT2D eigenvalue weighted by Gasteiger charge is -2.21. The summed E-state index contributed by atoms with van der Waals surface area (Å²) >= 11 is 0. The van der Waals surface area contributed by atoms with Crippen LogP contribution in [0.15, 0.2) is 36.4 Å². The fourth-order valence-corrected chi connectivity index (χ4v) is 2.59. The molecule has 5 heteroatoms. The summed E-state index contributed by atoms with van der Waals surface area (Å²) in [6.45, 7) is 2.20. The van der Waals surface area contributed by atoms with Crippen molar-refractivity contribution in [2.24, 2.45) is 0 Å². The van der Waals surface area contributed by atoms with E-state index in [1.54, 1.807) is 19.1 Å². The number of anilines is 4. The highest BCUT2D eigenvalue weighted by Crippen LogP contribution is 2.31. The molecule has 0 heterocycles. The first-order valence-electron chi connectivity index (χ1n) is 7.26. The molecule has 0 fully saturated rings. The number of rotatable bonds is 5. The molecule has 22 heavy (non-hydrogen) atoms. The second-order valence-corrected chi connectivity index (χ2v) is 5.58. The molecule has 0 saturated carbocycles. The van der Waals surface area contributed by atoms with E-state index in [1.807, 2.05) is 43.3 Å². The van der Waals surface area contributed by atoms with Gasteiger partial charge in [-0.25, -0.2) is 0 Å². The van der Waals surface area contributed by atoms with Crippen molar-refractivity contribution in [1.82, 2.24) is 0 Å². The van der Waals surface area contributed by atoms with Crippen LogP contribution in [-0.2, 0) is 6.54 Å². The molecule has 1 atom stereocenters. The average molecular weight is 300 g/mol. The number of aliphatic hydroxyl groups is 1. The molecule has 0 saturated heterocycles. The Bertz CT molecular complexity index is 653. The maximum absolute atomic E-state index is 9.98. The molecule has 2 aromatic carbocycles. The smallest absolute Gasteiger partial charge is 0.0786 e. The minimum atomic E-state index is -0.663. The van der Waals surface area contributed by atoms with Crippen molar-refractivity contribution in [1.29, 1.82) is 0 Å². The summed E-state index contributed by atoms with van der Waals surface area (Å²) in [5.74, 6) is 0. The Kier molecular flexibility index (Phi) is 4.78. The Balaban J connectivity index is 2.32. The highest BCUT2D eigenvalue weighted by Gasteiger charge is 2.15. The standard InChI is InChI=1S/C17H24N4O/c1-11(22)17-12(13(18)8-9-14(17)19)10-20-15-6-4-5-7-16(15)21(2)3/h4-9,11,20,22H,10,18-19H2,1-3H3. The number of nitrogens with zero attached hydrogens (tertiary/aromatic N) is 1. The van der Waals surface area contributed by atoms with Gasteiger partial charge in [0.25, 0.3) is 0 Å². The average Bonchev–Trinajstić information content (AvgIpc) is 2.47. The lowest BCUT2D eigenvalue weighted by Crippen LogP contribution is -2.14. The Hall–Kier alpha value is -2.40. The maximum Gasteiger partial charge on any atom is 0.0786 e. The van der Waals surface area contributed by atoms with E-state index in [9.17, 15) is 5.11 Å². The SMILES string of the molecule is CC(O)c1c(N)ccc(N)c1CNc1ccccc1N(C)C. The third kappa shape index (κ3) is 3.26. The first kappa shape index (κ1) is 16.0. The maximum atomic E-state index is 9.98. The van der Waals surface area contributed by atoms with Crippen LogP contribution in [0.5, 0.6) is 0 Å². The van der Waals surface area contributed by atoms with E-state index in [2.05, 4.69) is 5.32 Å². The van der Waals surface area contributed by atoms with E-state index in [0.29, 0.717) is 23.5 Å². The van der Waals surface area contributed by atoms with Gasteiger partial charge >= 0.3 is 0 Å². The summed E-state index contributed by atoms with van der Waals surface area (Å²) in [7, 11) is 3.99. The molecule has 0 radical (unpaired) electrons. The van der Waals surface area contributed by atoms with Gasteiger partial charge in [0.05, 0.1) is 17.5 Å². The molecule has 0 aliphatic carbocycles. The zero-order valence-electron chi connectivity index (χ0n) is 13.3. The van der Waals surface area contributed by atoms with Crippen molar-refractivity contribution < 1.29 is 5.11 Å². The number of nitrogens with one attached hydrogen (secondary N) is 1. The largest absolute Gasteiger partial charge is 0.398 e. The first-order valence-corrected chi connectivity index (χ1v) is 7.26. The monoisotopic (exact) mass is 300 g/mol. The summed E-state index contributed by atoms with van der Waals surface area (Å²) in [5, 5.41) is 13.4. The van der Waals surface area contributed by atoms with Crippen molar-refractivity contribution in [3.8, 4) is 0 Å². The lowest BCUT2D eigenvalue weighted by molar-refractivity contribution is 0.199. The van der Waals surface area contributed by atoms with Crippen LogP contribution in [0.25, 0.3) is 0 Å². The molecule has 0 spiro atoms. The molecule has 0 bridgehead atoms. The van der Waals surface area contributed by atoms with Gasteiger partial charge in [-0.05, 0) is 31.2 Å². The summed E-state index contributed by atoms with van der Waals surface area (Å²) in [5.41, 5.74) is 16.9. The van der Waals surface area contributed by atoms with Crippen LogP contribution in [0.3, 0.4) is 0 Å². The van der Waals surface area contributed by atoms with Crippen molar-refractivity contribution in [2.45, 2.75) is 19.6 Å². The van der Waals surface area contributed by atoms with Crippen LogP contribution in [0.4, 0.5) is 22.7 Å². The summed E-state index contributed by atoms with van der Waals surface area (Å²) in [6, 6.07) is 11.5. The predicted molar refractivity (Wildman–Crippen MR) is 94.0 cm³/mol. The quantitative estimate of drug-likeness (QED) is 0.638. The molecule has 118 valence electrons. The van der Waals surface area contributed by atoms with Gasteiger partial charge in [0, 0.05) is 43.1 Å². The van der Waals surface area contributed by atoms with E-state index in [0.717, 1.165) is 16.9 Å². The molecular formula is C17H24N4O. The highest BCUT2D eigenvalue weighted by molar-refractivity contribution is 5.70. The van der Waals surface area contributed by atoms with E-state index < -0.39 is 6.10 Å². The van der Waals surface area contributed by atoms with Gasteiger partial charge in [0.15, 0.2) is 0 Å². The van der Waals surface area contributed by atoms with Gasteiger partial charge in [0.1, 0.15) is 0 Å². The Morgan fingerprint density at radius 2 is 1.73 bits per heavy atom. The molecule has 0 amide bonds. The first-order chi connectivity index (χ1) is 10.4. The van der Waals surface area contributed by atoms with Crippen LogP contribution in [-0.4, -0.2) is 19.2 Å². The number of nitrogens with two attached hydrogens (primary N) is 2. The summed E-state index contributed by atoms with van der Waals surface area (Å²) < 4.78 is 0. The van der Waals surface area contributed by atoms with Gasteiger partial charge in [-0.15, -0.1) is 0 Å². The van der Waals surface area contributed by atoms with Gasteiger partial charge in [-0.1, -0.05) is 12.1 Å². The van der Waals surface area contributed by atoms with Crippen molar-refractivity contribution >= 4 is 22.7 Å². The van der Waals surface area contributed by atoms with Gasteiger partial charge in [-0.2, -0.15) is 0 Å². The molecular weight excluding hydrogens is 276 g/mol. The third-order valence-electron chi connectivity index (χ3n) is 3.69. The van der Waals surface area contributed by atoms with E-state index in [1.165, 1.54) is 0 Å². The predicted octanol–water partition coefficient (Wildman–Crippen LogP) is 2.58. The number of hydrogen-bond acceptors (Lipinski definition) is 5. The number of nitrogen functional groups attached to an aromatic ring is 2. The van der Waals surface area contributed by atoms with Gasteiger partial charge in [-0.3, -0.25) is 0 Å². The highest BCUT2D eigenvalue weighted by atomic mass is 16.3. The van der Waals surface area contributed by atoms with E-state index >= 15 is 0 Å². The Morgan fingerprint density at radius 3 is 2.36 bits per heavy atom. The second-order valence-electron chi connectivity index (χ2n) is 5.58. The van der Waals surface area contributed by atoms with E-state index in [-0.39, 0.29) is 0 Å². The third-order valence-corrected chi connectivity index (χ3v) is 3.69. The minimum absolute atomic E-state index is 0.502. The van der Waals surface area contributed by atoms with Crippen LogP contribution in [0.1, 0.15) is 24.2 Å². The van der Waals surface area contributed by atoms with Crippen LogP contribution < -0.4 is 21.7 Å². The molecule has 0 aliphatic rings. The molecule has 0 aliphatic heterocycles. The fraction of sp³-hybridized carbons (Fsp3) is 0.294. The number of aliphatic hydroxyl groups excluding tert-OH is 1. The molecule has 2 aromatic rings. The second kappa shape index (κ2) is 6.58. The molecule has 5 nitrogen and oxygen atoms in total. The van der Waals surface area contributed by atoms with E-state index in [4.69, 9.17) is 11.5 Å². The molecule has 2 rings (SSSR count). The topological polar surface area (TPSA) is 87.5 Å². The number of hydrogen-bond donors (Lipinski definition) is 4. The van der Waals surface area contributed by atoms with Crippen LogP contribution in [0.2, 0.25) is 0 Å². The van der Waals surface area contributed by atoms with Gasteiger partial charge < -0.3 is 26.8 Å². The lowest BCUT2D eigenvalue weighted by atomic mass is 9.99. The summed E-state index contributed by atoms with van der Waals surface area (Å²) in [6.07, 6.45) is -0.663. The number of benzene rings is 2. The summed E-state index contributed by atoms with van der Waals surface area (Å²) in [4.78, 5) is 2.04. The zero-order valence-corrected chi connectivity index (χ0v) is 13.3.